The smallest absolute Gasteiger partial charge is 0.122 e. The predicted molar refractivity (Wildman–Crippen MR) is 62.0 cm³/mol. The van der Waals surface area contributed by atoms with Gasteiger partial charge in [-0.1, -0.05) is 32.4 Å². The van der Waals surface area contributed by atoms with Crippen molar-refractivity contribution in [3.8, 4) is 5.75 Å². The highest BCUT2D eigenvalue weighted by atomic mass is 16.5. The van der Waals surface area contributed by atoms with E-state index in [2.05, 4.69) is 32.0 Å². The average Bonchev–Trinajstić information content (AvgIpc) is 2.73. The minimum absolute atomic E-state index is 0.154. The van der Waals surface area contributed by atoms with E-state index in [1.54, 1.807) is 0 Å². The summed E-state index contributed by atoms with van der Waals surface area (Å²) in [5.41, 5.74) is 8.76. The molecule has 1 aromatic rings. The van der Waals surface area contributed by atoms with Crippen molar-refractivity contribution < 1.29 is 4.74 Å². The van der Waals surface area contributed by atoms with Crippen molar-refractivity contribution in [1.29, 1.82) is 0 Å². The van der Waals surface area contributed by atoms with E-state index in [0.717, 1.165) is 25.2 Å². The summed E-state index contributed by atoms with van der Waals surface area (Å²) < 4.78 is 5.48. The minimum atomic E-state index is 0.154. The van der Waals surface area contributed by atoms with Crippen LogP contribution >= 0.6 is 0 Å². The number of fused-ring (bicyclic) bond motifs is 1. The standard InChI is InChI=1S/C13H19NO/c1-3-9(2)13(14)11-4-5-12-10(8-11)6-7-15-12/h4-5,8-9,13H,3,6-7,14H2,1-2H3/t9?,13-/m0/s1. The Kier molecular flexibility index (Phi) is 2.96. The average molecular weight is 205 g/mol. The van der Waals surface area contributed by atoms with Crippen LogP contribution in [0.15, 0.2) is 18.2 Å². The Labute approximate surface area is 91.4 Å². The second-order valence-corrected chi connectivity index (χ2v) is 4.38. The molecule has 2 atom stereocenters. The lowest BCUT2D eigenvalue weighted by atomic mass is 9.92. The molecule has 1 heterocycles. The molecule has 2 nitrogen and oxygen atoms in total. The second-order valence-electron chi connectivity index (χ2n) is 4.38. The van der Waals surface area contributed by atoms with Gasteiger partial charge >= 0.3 is 0 Å². The number of hydrogen-bond acceptors (Lipinski definition) is 2. The molecule has 15 heavy (non-hydrogen) atoms. The highest BCUT2D eigenvalue weighted by Gasteiger charge is 2.17. The monoisotopic (exact) mass is 205 g/mol. The van der Waals surface area contributed by atoms with Gasteiger partial charge in [0.1, 0.15) is 5.75 Å². The van der Waals surface area contributed by atoms with Crippen molar-refractivity contribution in [2.24, 2.45) is 11.7 Å². The van der Waals surface area contributed by atoms with Crippen LogP contribution < -0.4 is 10.5 Å². The Morgan fingerprint density at radius 2 is 2.27 bits per heavy atom. The molecule has 0 saturated heterocycles. The maximum absolute atomic E-state index is 6.20. The van der Waals surface area contributed by atoms with Crippen molar-refractivity contribution in [1.82, 2.24) is 0 Å². The zero-order chi connectivity index (χ0) is 10.8. The maximum Gasteiger partial charge on any atom is 0.122 e. The topological polar surface area (TPSA) is 35.2 Å². The molecule has 82 valence electrons. The molecule has 1 unspecified atom stereocenters. The number of benzene rings is 1. The van der Waals surface area contributed by atoms with Gasteiger partial charge in [-0.15, -0.1) is 0 Å². The number of rotatable bonds is 3. The van der Waals surface area contributed by atoms with Gasteiger partial charge in [0.05, 0.1) is 6.61 Å². The fraction of sp³-hybridized carbons (Fsp3) is 0.538. The summed E-state index contributed by atoms with van der Waals surface area (Å²) in [6.07, 6.45) is 2.14. The van der Waals surface area contributed by atoms with Crippen LogP contribution in [0.5, 0.6) is 5.75 Å². The number of nitrogens with two attached hydrogens (primary N) is 1. The van der Waals surface area contributed by atoms with E-state index in [1.165, 1.54) is 11.1 Å². The van der Waals surface area contributed by atoms with E-state index in [1.807, 2.05) is 0 Å². The fourth-order valence-corrected chi connectivity index (χ4v) is 2.00. The molecule has 2 rings (SSSR count). The van der Waals surface area contributed by atoms with Gasteiger partial charge in [0.2, 0.25) is 0 Å². The van der Waals surface area contributed by atoms with Crippen LogP contribution in [0.25, 0.3) is 0 Å². The molecule has 0 aliphatic carbocycles. The summed E-state index contributed by atoms with van der Waals surface area (Å²) in [4.78, 5) is 0. The molecule has 2 heteroatoms. The van der Waals surface area contributed by atoms with Gasteiger partial charge in [-0.25, -0.2) is 0 Å². The Bertz CT molecular complexity index is 348. The molecule has 0 amide bonds. The third kappa shape index (κ3) is 2.00. The molecule has 0 bridgehead atoms. The van der Waals surface area contributed by atoms with E-state index >= 15 is 0 Å². The predicted octanol–water partition coefficient (Wildman–Crippen LogP) is 2.67. The van der Waals surface area contributed by atoms with Gasteiger partial charge in [0.25, 0.3) is 0 Å². The van der Waals surface area contributed by atoms with Crippen LogP contribution in [0.4, 0.5) is 0 Å². The van der Waals surface area contributed by atoms with Crippen molar-refractivity contribution in [3.63, 3.8) is 0 Å². The number of hydrogen-bond donors (Lipinski definition) is 1. The first-order chi connectivity index (χ1) is 7.22. The SMILES string of the molecule is CCC(C)[C@H](N)c1ccc2c(c1)CCO2. The van der Waals surface area contributed by atoms with Gasteiger partial charge in [-0.2, -0.15) is 0 Å². The Balaban J connectivity index is 2.22. The molecule has 1 aliphatic rings. The first-order valence-corrected chi connectivity index (χ1v) is 5.73. The summed E-state index contributed by atoms with van der Waals surface area (Å²) >= 11 is 0. The normalized spacial score (nSPS) is 18.1. The van der Waals surface area contributed by atoms with Gasteiger partial charge in [0, 0.05) is 12.5 Å². The summed E-state index contributed by atoms with van der Waals surface area (Å²) in [7, 11) is 0. The summed E-state index contributed by atoms with van der Waals surface area (Å²) in [5, 5.41) is 0. The molecule has 0 spiro atoms. The van der Waals surface area contributed by atoms with Crippen LogP contribution in [0.3, 0.4) is 0 Å². The van der Waals surface area contributed by atoms with Gasteiger partial charge in [-0.05, 0) is 23.1 Å². The minimum Gasteiger partial charge on any atom is -0.493 e. The van der Waals surface area contributed by atoms with Gasteiger partial charge < -0.3 is 10.5 Å². The van der Waals surface area contributed by atoms with E-state index < -0.39 is 0 Å². The van der Waals surface area contributed by atoms with Crippen molar-refractivity contribution in [3.05, 3.63) is 29.3 Å². The molecule has 1 aliphatic heterocycles. The molecule has 1 aromatic carbocycles. The zero-order valence-electron chi connectivity index (χ0n) is 9.49. The van der Waals surface area contributed by atoms with Crippen LogP contribution in [0.2, 0.25) is 0 Å². The van der Waals surface area contributed by atoms with Crippen LogP contribution in [-0.2, 0) is 6.42 Å². The van der Waals surface area contributed by atoms with Crippen molar-refractivity contribution in [2.45, 2.75) is 32.7 Å². The molecule has 0 radical (unpaired) electrons. The summed E-state index contributed by atoms with van der Waals surface area (Å²) in [5.74, 6) is 1.57. The Hall–Kier alpha value is -1.02. The molecule has 0 saturated carbocycles. The van der Waals surface area contributed by atoms with E-state index in [4.69, 9.17) is 10.5 Å². The quantitative estimate of drug-likeness (QED) is 0.823. The third-order valence-corrected chi connectivity index (χ3v) is 3.36. The van der Waals surface area contributed by atoms with E-state index in [0.29, 0.717) is 5.92 Å². The Morgan fingerprint density at radius 1 is 1.47 bits per heavy atom. The molecular formula is C13H19NO. The van der Waals surface area contributed by atoms with Crippen LogP contribution in [-0.4, -0.2) is 6.61 Å². The fourth-order valence-electron chi connectivity index (χ4n) is 2.00. The van der Waals surface area contributed by atoms with Gasteiger partial charge in [-0.3, -0.25) is 0 Å². The van der Waals surface area contributed by atoms with Crippen LogP contribution in [0.1, 0.15) is 37.4 Å². The maximum atomic E-state index is 6.20. The lowest BCUT2D eigenvalue weighted by Crippen LogP contribution is -2.18. The largest absolute Gasteiger partial charge is 0.493 e. The third-order valence-electron chi connectivity index (χ3n) is 3.36. The summed E-state index contributed by atoms with van der Waals surface area (Å²) in [6, 6.07) is 6.51. The van der Waals surface area contributed by atoms with Crippen molar-refractivity contribution >= 4 is 0 Å². The van der Waals surface area contributed by atoms with Crippen molar-refractivity contribution in [2.75, 3.05) is 6.61 Å². The molecule has 0 aromatic heterocycles. The molecule has 0 fully saturated rings. The summed E-state index contributed by atoms with van der Waals surface area (Å²) in [6.45, 7) is 5.20. The zero-order valence-corrected chi connectivity index (χ0v) is 9.49. The first-order valence-electron chi connectivity index (χ1n) is 5.73. The highest BCUT2D eigenvalue weighted by molar-refractivity contribution is 5.40. The van der Waals surface area contributed by atoms with Gasteiger partial charge in [0.15, 0.2) is 0 Å². The molecule has 2 N–H and O–H groups in total. The second kappa shape index (κ2) is 4.23. The Morgan fingerprint density at radius 3 is 3.00 bits per heavy atom. The highest BCUT2D eigenvalue weighted by Crippen LogP contribution is 2.30. The van der Waals surface area contributed by atoms with Crippen LogP contribution in [0, 0.1) is 5.92 Å². The number of ether oxygens (including phenoxy) is 1. The lowest BCUT2D eigenvalue weighted by Gasteiger charge is -2.19. The lowest BCUT2D eigenvalue weighted by molar-refractivity contribution is 0.356. The van der Waals surface area contributed by atoms with E-state index in [-0.39, 0.29) is 6.04 Å². The first kappa shape index (κ1) is 10.5. The molecular weight excluding hydrogens is 186 g/mol. The van der Waals surface area contributed by atoms with E-state index in [9.17, 15) is 0 Å².